The third-order valence-electron chi connectivity index (χ3n) is 4.82. The number of amides is 1. The molecular formula is C27H39NO2S. The fourth-order valence-corrected chi connectivity index (χ4v) is 3.61. The van der Waals surface area contributed by atoms with E-state index in [-0.39, 0.29) is 0 Å². The van der Waals surface area contributed by atoms with Crippen LogP contribution in [0.1, 0.15) is 90.4 Å². The maximum absolute atomic E-state index is 11.6. The van der Waals surface area contributed by atoms with E-state index < -0.39 is 6.09 Å². The van der Waals surface area contributed by atoms with Gasteiger partial charge in [-0.3, -0.25) is 5.32 Å². The Hall–Kier alpha value is -2.04. The minimum absolute atomic E-state index is 0.404. The second-order valence-electron chi connectivity index (χ2n) is 7.64. The van der Waals surface area contributed by atoms with Crippen molar-refractivity contribution in [2.75, 3.05) is 17.7 Å². The molecule has 0 atom stereocenters. The highest BCUT2D eigenvalue weighted by Gasteiger charge is 2.01. The second-order valence-corrected chi connectivity index (χ2v) is 8.54. The Labute approximate surface area is 194 Å². The maximum atomic E-state index is 11.6. The number of carbonyl (C=O) groups excluding carboxylic acids is 1. The minimum Gasteiger partial charge on any atom is -0.449 e. The summed E-state index contributed by atoms with van der Waals surface area (Å²) in [5.74, 6) is 9.99. The lowest BCUT2D eigenvalue weighted by atomic mass is 10.1. The molecule has 0 heterocycles. The van der Waals surface area contributed by atoms with Crippen molar-refractivity contribution in [2.24, 2.45) is 0 Å². The molecule has 170 valence electrons. The number of para-hydroxylation sites is 1. The second kappa shape index (κ2) is 21.2. The highest BCUT2D eigenvalue weighted by Crippen LogP contribution is 2.12. The molecule has 0 aliphatic carbocycles. The van der Waals surface area contributed by atoms with Crippen LogP contribution in [0.5, 0.6) is 0 Å². The van der Waals surface area contributed by atoms with E-state index in [4.69, 9.17) is 4.74 Å². The van der Waals surface area contributed by atoms with Crippen LogP contribution in [0.2, 0.25) is 0 Å². The summed E-state index contributed by atoms with van der Waals surface area (Å²) in [5, 5.41) is 5.76. The lowest BCUT2D eigenvalue weighted by Crippen LogP contribution is -2.14. The highest BCUT2D eigenvalue weighted by molar-refractivity contribution is 8.03. The number of rotatable bonds is 16. The zero-order valence-corrected chi connectivity index (χ0v) is 20.0. The summed E-state index contributed by atoms with van der Waals surface area (Å²) >= 11 is 1.68. The molecule has 0 radical (unpaired) electrons. The molecule has 0 aliphatic rings. The van der Waals surface area contributed by atoms with E-state index in [2.05, 4.69) is 35.3 Å². The largest absolute Gasteiger partial charge is 0.449 e. The summed E-state index contributed by atoms with van der Waals surface area (Å²) in [6.07, 6.45) is 15.8. The summed E-state index contributed by atoms with van der Waals surface area (Å²) in [6, 6.07) is 9.29. The number of unbranched alkanes of at least 4 members (excludes halogenated alkanes) is 11. The zero-order chi connectivity index (χ0) is 22.2. The molecule has 0 bridgehead atoms. The number of ether oxygens (including phenoxy) is 1. The van der Waals surface area contributed by atoms with E-state index in [1.54, 1.807) is 11.8 Å². The standard InChI is InChI=1S/C27H39NO2S/c1-2-3-4-5-6-7-8-10-13-19-24-31-25-20-14-11-9-12-18-23-30-27(29)28-26-21-16-15-17-22-26/h15-17,21-22H,2-10,12-13,18-19,23-24H2,1H3,(H,28,29). The van der Waals surface area contributed by atoms with Gasteiger partial charge in [-0.05, 0) is 48.5 Å². The van der Waals surface area contributed by atoms with Gasteiger partial charge < -0.3 is 4.74 Å². The first-order valence-corrected chi connectivity index (χ1v) is 12.9. The van der Waals surface area contributed by atoms with E-state index in [1.807, 2.05) is 30.3 Å². The van der Waals surface area contributed by atoms with Crippen molar-refractivity contribution in [3.63, 3.8) is 0 Å². The van der Waals surface area contributed by atoms with Gasteiger partial charge in [-0.25, -0.2) is 4.79 Å². The highest BCUT2D eigenvalue weighted by atomic mass is 32.2. The number of nitrogens with one attached hydrogen (secondary N) is 1. The van der Waals surface area contributed by atoms with Crippen molar-refractivity contribution in [1.29, 1.82) is 0 Å². The molecule has 1 aromatic carbocycles. The molecule has 0 aromatic heterocycles. The van der Waals surface area contributed by atoms with E-state index >= 15 is 0 Å². The van der Waals surface area contributed by atoms with Gasteiger partial charge in [0.15, 0.2) is 0 Å². The first-order valence-electron chi connectivity index (χ1n) is 11.9. The van der Waals surface area contributed by atoms with Gasteiger partial charge in [-0.15, -0.1) is 0 Å². The van der Waals surface area contributed by atoms with Crippen molar-refractivity contribution < 1.29 is 9.53 Å². The van der Waals surface area contributed by atoms with Crippen LogP contribution in [0.15, 0.2) is 30.3 Å². The van der Waals surface area contributed by atoms with Crippen LogP contribution in [0.25, 0.3) is 0 Å². The average Bonchev–Trinajstić information content (AvgIpc) is 2.78. The quantitative estimate of drug-likeness (QED) is 0.208. The fourth-order valence-electron chi connectivity index (χ4n) is 3.04. The lowest BCUT2D eigenvalue weighted by Gasteiger charge is -2.05. The number of hydrogen-bond donors (Lipinski definition) is 1. The summed E-state index contributed by atoms with van der Waals surface area (Å²) < 4.78 is 5.15. The molecule has 4 heteroatoms. The monoisotopic (exact) mass is 441 g/mol. The smallest absolute Gasteiger partial charge is 0.411 e. The molecular weight excluding hydrogens is 402 g/mol. The van der Waals surface area contributed by atoms with Gasteiger partial charge in [0.1, 0.15) is 0 Å². The number of benzene rings is 1. The molecule has 0 spiro atoms. The first-order chi connectivity index (χ1) is 15.3. The normalized spacial score (nSPS) is 9.84. The van der Waals surface area contributed by atoms with Crippen molar-refractivity contribution in [2.45, 2.75) is 90.4 Å². The van der Waals surface area contributed by atoms with E-state index in [0.29, 0.717) is 6.61 Å². The number of thioether (sulfide) groups is 1. The van der Waals surface area contributed by atoms with Crippen molar-refractivity contribution in [3.8, 4) is 23.0 Å². The Morgan fingerprint density at radius 1 is 0.871 bits per heavy atom. The molecule has 3 nitrogen and oxygen atoms in total. The first kappa shape index (κ1) is 27.0. The van der Waals surface area contributed by atoms with Crippen LogP contribution in [-0.2, 0) is 4.74 Å². The molecule has 1 rings (SSSR count). The topological polar surface area (TPSA) is 38.3 Å². The lowest BCUT2D eigenvalue weighted by molar-refractivity contribution is 0.159. The fraction of sp³-hybridized carbons (Fsp3) is 0.593. The van der Waals surface area contributed by atoms with Gasteiger partial charge in [0.25, 0.3) is 0 Å². The van der Waals surface area contributed by atoms with Crippen LogP contribution in [0.4, 0.5) is 10.5 Å². The van der Waals surface area contributed by atoms with Gasteiger partial charge in [-0.1, -0.05) is 101 Å². The van der Waals surface area contributed by atoms with Crippen LogP contribution >= 0.6 is 11.8 Å². The summed E-state index contributed by atoms with van der Waals surface area (Å²) in [4.78, 5) is 11.6. The SMILES string of the molecule is CCCCCCCCCCCCSC#CC#CCCCCOC(=O)Nc1ccccc1. The summed E-state index contributed by atoms with van der Waals surface area (Å²) in [7, 11) is 0. The average molecular weight is 442 g/mol. The number of hydrogen-bond acceptors (Lipinski definition) is 3. The van der Waals surface area contributed by atoms with Crippen LogP contribution < -0.4 is 5.32 Å². The van der Waals surface area contributed by atoms with Gasteiger partial charge in [0.2, 0.25) is 0 Å². The Morgan fingerprint density at radius 3 is 2.26 bits per heavy atom. The summed E-state index contributed by atoms with van der Waals surface area (Å²) in [5.41, 5.74) is 0.739. The van der Waals surface area contributed by atoms with Crippen LogP contribution in [0.3, 0.4) is 0 Å². The maximum Gasteiger partial charge on any atom is 0.411 e. The predicted octanol–water partition coefficient (Wildman–Crippen LogP) is 8.02. The van der Waals surface area contributed by atoms with Crippen molar-refractivity contribution in [3.05, 3.63) is 30.3 Å². The van der Waals surface area contributed by atoms with Gasteiger partial charge in [0, 0.05) is 17.9 Å². The molecule has 31 heavy (non-hydrogen) atoms. The Balaban J connectivity index is 1.85. The Kier molecular flexibility index (Phi) is 18.5. The van der Waals surface area contributed by atoms with Crippen LogP contribution in [0, 0.1) is 23.0 Å². The Morgan fingerprint density at radius 2 is 1.55 bits per heavy atom. The Bertz CT molecular complexity index is 682. The van der Waals surface area contributed by atoms with Crippen molar-refractivity contribution in [1.82, 2.24) is 0 Å². The predicted molar refractivity (Wildman–Crippen MR) is 135 cm³/mol. The van der Waals surface area contributed by atoms with Gasteiger partial charge in [-0.2, -0.15) is 0 Å². The van der Waals surface area contributed by atoms with Crippen LogP contribution in [-0.4, -0.2) is 18.5 Å². The minimum atomic E-state index is -0.414. The van der Waals surface area contributed by atoms with Gasteiger partial charge >= 0.3 is 6.09 Å². The van der Waals surface area contributed by atoms with E-state index in [0.717, 1.165) is 30.7 Å². The van der Waals surface area contributed by atoms with Crippen molar-refractivity contribution >= 4 is 23.5 Å². The third-order valence-corrected chi connectivity index (χ3v) is 5.56. The van der Waals surface area contributed by atoms with Gasteiger partial charge in [0.05, 0.1) is 6.61 Å². The molecule has 0 saturated carbocycles. The number of anilines is 1. The molecule has 1 amide bonds. The zero-order valence-electron chi connectivity index (χ0n) is 19.2. The molecule has 0 aliphatic heterocycles. The molecule has 1 aromatic rings. The summed E-state index contributed by atoms with van der Waals surface area (Å²) in [6.45, 7) is 2.67. The molecule has 1 N–H and O–H groups in total. The molecule has 0 fully saturated rings. The van der Waals surface area contributed by atoms with E-state index in [9.17, 15) is 4.79 Å². The number of carbonyl (C=O) groups is 1. The molecule has 0 saturated heterocycles. The van der Waals surface area contributed by atoms with E-state index in [1.165, 1.54) is 64.2 Å². The third kappa shape index (κ3) is 18.4. The molecule has 0 unspecified atom stereocenters.